The first-order valence-corrected chi connectivity index (χ1v) is 26.5. The molecule has 0 fully saturated rings. The lowest BCUT2D eigenvalue weighted by Gasteiger charge is -2.34. The standard InChI is InChI=1S/C49H71N9O27S/c50-49-57-42-33(46(81)58-49)53-20(11-52-42)10-51-19-3-1-17(2-4-19)43(78)54-24(48(84)85)6-5-21(63)8-22(34(70)36(72)27(66)12-59)44(79)56-32(41(77)39(75)30(69)15-62)26(65)9-23(35(71)37(73)28(67)13-60)45(80)55-31(40(76)38(74)29(68)14-61)25(64)7-18(16-86)47(82)83/h1-4,11,18,22-24,27-32,34-41,51,59-62,66-77,86H,5-10,12-16H2,(H,54,78)(H,55,80)(H,56,79)(H,82,83)(H,84,85)(H3,50,52,57,58,81)/t18-,22-,23-,24-,27+,28+,29-,30-,31-,32+,34+,35+,36+,37+,38-,39-,40-,41-/m0/s1. The maximum atomic E-state index is 14.4. The normalized spacial score (nSPS) is 18.1. The number of aromatic nitrogens is 4. The number of amides is 3. The lowest BCUT2D eigenvalue weighted by molar-refractivity contribution is -0.152. The Labute approximate surface area is 490 Å². The van der Waals surface area contributed by atoms with Crippen LogP contribution >= 0.6 is 12.6 Å². The smallest absolute Gasteiger partial charge is 0.326 e. The minimum atomic E-state index is -2.88. The molecule has 0 spiro atoms. The minimum Gasteiger partial charge on any atom is -0.481 e. The van der Waals surface area contributed by atoms with Crippen molar-refractivity contribution in [1.29, 1.82) is 0 Å². The van der Waals surface area contributed by atoms with E-state index in [0.717, 1.165) is 0 Å². The number of aliphatic hydroxyl groups is 16. The summed E-state index contributed by atoms with van der Waals surface area (Å²) in [6.07, 6.45) is -35.3. The SMILES string of the molecule is Nc1nc2ncc(CNc3ccc(C(=O)N[C@@H](CCC(=O)C[C@H](C(=O)N[C@H](C(=O)C[C@H](C(=O)N[C@@H](C(=O)C[C@@H](CS)C(=O)O)[C@H](O)[C@@H](O)[C@@H](O)CO)[C@@H](O)[C@H](O)[C@H](O)CO)[C@H](O)[C@@H](O)[C@@H](O)CO)[C@@H](O)[C@H](O)[C@H](O)CO)C(=O)O)cc3)nc2c(=O)[nH]1. The minimum absolute atomic E-state index is 0.000232. The number of carboxylic acid groups (broad SMARTS) is 2. The summed E-state index contributed by atoms with van der Waals surface area (Å²) in [5.74, 6) is -20.0. The quantitative estimate of drug-likeness (QED) is 0.0236. The van der Waals surface area contributed by atoms with Gasteiger partial charge in [-0.2, -0.15) is 17.6 Å². The number of carboxylic acids is 2. The number of thiol groups is 1. The number of hydrogen-bond donors (Lipinski definition) is 25. The Morgan fingerprint density at radius 1 is 0.581 bits per heavy atom. The fourth-order valence-corrected chi connectivity index (χ4v) is 8.55. The van der Waals surface area contributed by atoms with Crippen molar-refractivity contribution in [3.8, 4) is 0 Å². The number of nitrogens with zero attached hydrogens (tertiary/aromatic N) is 3. The molecule has 0 saturated carbocycles. The summed E-state index contributed by atoms with van der Waals surface area (Å²) in [5.41, 5.74) is 5.42. The van der Waals surface area contributed by atoms with Gasteiger partial charge in [-0.05, 0) is 30.7 Å². The Balaban J connectivity index is 1.97. The first-order chi connectivity index (χ1) is 40.4. The predicted octanol–water partition coefficient (Wildman–Crippen LogP) is -11.1. The maximum absolute atomic E-state index is 14.4. The van der Waals surface area contributed by atoms with Crippen molar-refractivity contribution < 1.29 is 130 Å². The molecule has 2 heterocycles. The number of H-pyrrole nitrogens is 1. The summed E-state index contributed by atoms with van der Waals surface area (Å²) in [6, 6.07) is -1.85. The van der Waals surface area contributed by atoms with Crippen LogP contribution in [0.15, 0.2) is 35.3 Å². The van der Waals surface area contributed by atoms with Crippen LogP contribution in [-0.2, 0) is 40.1 Å². The van der Waals surface area contributed by atoms with Crippen molar-refractivity contribution in [2.45, 2.75) is 130 Å². The number of fused-ring (bicyclic) bond motifs is 1. The number of carbonyl (C=O) groups excluding carboxylic acids is 6. The number of nitrogen functional groups attached to an aromatic ring is 1. The van der Waals surface area contributed by atoms with Crippen molar-refractivity contribution in [3.63, 3.8) is 0 Å². The van der Waals surface area contributed by atoms with Crippen LogP contribution < -0.4 is 32.6 Å². The summed E-state index contributed by atoms with van der Waals surface area (Å²) in [4.78, 5) is 134. The molecule has 3 rings (SSSR count). The molecule has 0 aliphatic rings. The van der Waals surface area contributed by atoms with Gasteiger partial charge in [0.15, 0.2) is 22.7 Å². The summed E-state index contributed by atoms with van der Waals surface area (Å²) in [7, 11) is 0. The van der Waals surface area contributed by atoms with E-state index in [-0.39, 0.29) is 29.2 Å². The molecule has 0 radical (unpaired) electrons. The number of rotatable bonds is 39. The Hall–Kier alpha value is -6.89. The van der Waals surface area contributed by atoms with Crippen molar-refractivity contribution in [2.75, 3.05) is 43.2 Å². The van der Waals surface area contributed by atoms with Crippen LogP contribution in [0.5, 0.6) is 0 Å². The third-order valence-corrected chi connectivity index (χ3v) is 13.9. The average molecular weight is 1250 g/mol. The molecule has 3 amide bonds. The third kappa shape index (κ3) is 20.4. The van der Waals surface area contributed by atoms with Gasteiger partial charge in [0.2, 0.25) is 17.8 Å². The van der Waals surface area contributed by atoms with E-state index >= 15 is 0 Å². The van der Waals surface area contributed by atoms with Crippen molar-refractivity contribution in [1.82, 2.24) is 35.9 Å². The number of nitrogens with one attached hydrogen (secondary N) is 5. The lowest BCUT2D eigenvalue weighted by Crippen LogP contribution is -2.61. The van der Waals surface area contributed by atoms with Gasteiger partial charge in [0.05, 0.1) is 74.8 Å². The van der Waals surface area contributed by atoms with E-state index in [0.29, 0.717) is 11.4 Å². The number of aliphatic hydroxyl groups excluding tert-OH is 16. The van der Waals surface area contributed by atoms with Gasteiger partial charge < -0.3 is 119 Å². The molecule has 3 aromatic rings. The molecule has 25 N–H and O–H groups in total. The summed E-state index contributed by atoms with van der Waals surface area (Å²) >= 11 is 3.82. The van der Waals surface area contributed by atoms with Crippen LogP contribution in [0.4, 0.5) is 11.6 Å². The highest BCUT2D eigenvalue weighted by atomic mass is 32.1. The highest BCUT2D eigenvalue weighted by Gasteiger charge is 2.46. The topological polar surface area (TPSA) is 646 Å². The molecule has 0 aliphatic carbocycles. The van der Waals surface area contributed by atoms with Crippen LogP contribution in [-0.4, -0.2) is 282 Å². The maximum Gasteiger partial charge on any atom is 0.326 e. The van der Waals surface area contributed by atoms with Gasteiger partial charge in [-0.3, -0.25) is 43.3 Å². The number of nitrogens with two attached hydrogens (primary N) is 1. The number of benzene rings is 1. The lowest BCUT2D eigenvalue weighted by atomic mass is 9.84. The number of anilines is 2. The second kappa shape index (κ2) is 34.4. The molecule has 0 saturated heterocycles. The van der Waals surface area contributed by atoms with E-state index in [1.165, 1.54) is 30.5 Å². The molecule has 0 unspecified atom stereocenters. The van der Waals surface area contributed by atoms with E-state index in [1.54, 1.807) is 10.6 Å². The zero-order valence-electron chi connectivity index (χ0n) is 45.1. The highest BCUT2D eigenvalue weighted by Crippen LogP contribution is 2.24. The van der Waals surface area contributed by atoms with Crippen molar-refractivity contribution in [2.24, 2.45) is 17.8 Å². The number of Topliss-reactive ketones (excluding diaryl/α,β-unsaturated/α-hetero) is 3. The van der Waals surface area contributed by atoms with E-state index in [4.69, 9.17) is 5.73 Å². The van der Waals surface area contributed by atoms with E-state index in [2.05, 4.69) is 43.2 Å². The van der Waals surface area contributed by atoms with Crippen molar-refractivity contribution >= 4 is 82.4 Å². The second-order valence-electron chi connectivity index (χ2n) is 19.7. The summed E-state index contributed by atoms with van der Waals surface area (Å²) < 4.78 is 0. The largest absolute Gasteiger partial charge is 0.481 e. The Morgan fingerprint density at radius 2 is 1.03 bits per heavy atom. The van der Waals surface area contributed by atoms with Crippen molar-refractivity contribution in [3.05, 3.63) is 52.1 Å². The first-order valence-electron chi connectivity index (χ1n) is 25.9. The average Bonchev–Trinajstić information content (AvgIpc) is 1.76. The van der Waals surface area contributed by atoms with Gasteiger partial charge in [-0.15, -0.1) is 0 Å². The van der Waals surface area contributed by atoms with Crippen LogP contribution in [0, 0.1) is 17.8 Å². The zero-order chi connectivity index (χ0) is 65.0. The molecule has 18 atom stereocenters. The van der Waals surface area contributed by atoms with Crippen LogP contribution in [0.2, 0.25) is 0 Å². The van der Waals surface area contributed by atoms with Gasteiger partial charge in [-0.1, -0.05) is 0 Å². The van der Waals surface area contributed by atoms with Gasteiger partial charge in [0.1, 0.15) is 84.9 Å². The molecule has 2 aromatic heterocycles. The van der Waals surface area contributed by atoms with Gasteiger partial charge in [0.25, 0.3) is 11.5 Å². The van der Waals surface area contributed by atoms with Crippen LogP contribution in [0.3, 0.4) is 0 Å². The third-order valence-electron chi connectivity index (χ3n) is 13.5. The molecule has 0 bridgehead atoms. The Kier molecular flexibility index (Phi) is 29.4. The van der Waals surface area contributed by atoms with E-state index in [9.17, 15) is 135 Å². The second-order valence-corrected chi connectivity index (χ2v) is 20.1. The molecule has 37 heteroatoms. The monoisotopic (exact) mass is 1250 g/mol. The number of ketones is 3. The summed E-state index contributed by atoms with van der Waals surface area (Å²) in [5, 5.41) is 195. The van der Waals surface area contributed by atoms with Crippen LogP contribution in [0.25, 0.3) is 11.2 Å². The van der Waals surface area contributed by atoms with Crippen LogP contribution in [0.1, 0.15) is 48.2 Å². The molecular weight excluding hydrogens is 1180 g/mol. The molecule has 480 valence electrons. The predicted molar refractivity (Wildman–Crippen MR) is 289 cm³/mol. The number of aliphatic carboxylic acids is 2. The number of carbonyl (C=O) groups is 8. The number of hydrogen-bond acceptors (Lipinski definition) is 31. The molecule has 1 aromatic carbocycles. The highest BCUT2D eigenvalue weighted by molar-refractivity contribution is 7.80. The first kappa shape index (κ1) is 73.4. The fourth-order valence-electron chi connectivity index (χ4n) is 8.27. The Morgan fingerprint density at radius 3 is 1.48 bits per heavy atom. The fraction of sp³-hybridized carbons (Fsp3) is 0.592. The molecular formula is C49H71N9O27S. The number of aromatic amines is 1. The Bertz CT molecular complexity index is 2840. The van der Waals surface area contributed by atoms with Gasteiger partial charge in [0, 0.05) is 42.7 Å². The molecule has 86 heavy (non-hydrogen) atoms. The molecule has 0 aliphatic heterocycles. The zero-order valence-corrected chi connectivity index (χ0v) is 46.0. The molecule has 36 nitrogen and oxygen atoms in total. The van der Waals surface area contributed by atoms with Gasteiger partial charge >= 0.3 is 11.9 Å². The van der Waals surface area contributed by atoms with E-state index < -0.39 is 226 Å². The van der Waals surface area contributed by atoms with E-state index in [1.807, 2.05) is 0 Å². The van der Waals surface area contributed by atoms with Gasteiger partial charge in [-0.25, -0.2) is 14.8 Å². The summed E-state index contributed by atoms with van der Waals surface area (Å²) in [6.45, 7) is -5.34.